The summed E-state index contributed by atoms with van der Waals surface area (Å²) in [6.45, 7) is 1.84. The fourth-order valence-electron chi connectivity index (χ4n) is 2.22. The van der Waals surface area contributed by atoms with Crippen LogP contribution in [0.15, 0.2) is 0 Å². The van der Waals surface area contributed by atoms with Crippen molar-refractivity contribution in [3.63, 3.8) is 0 Å². The predicted octanol–water partition coefficient (Wildman–Crippen LogP) is 0.587. The van der Waals surface area contributed by atoms with E-state index in [4.69, 9.17) is 5.73 Å². The second-order valence-corrected chi connectivity index (χ2v) is 7.23. The molecule has 6 heteroatoms. The van der Waals surface area contributed by atoms with Crippen LogP contribution in [0.4, 0.5) is 0 Å². The maximum Gasteiger partial charge on any atom is 0.235 e. The monoisotopic (exact) mass is 276 g/mol. The van der Waals surface area contributed by atoms with Crippen molar-refractivity contribution < 1.29 is 13.2 Å². The molecule has 1 aliphatic carbocycles. The molecule has 106 valence electrons. The molecule has 0 aromatic carbocycles. The molecule has 1 amide bonds. The number of carbonyl (C=O) groups excluding carboxylic acids is 1. The Morgan fingerprint density at radius 3 is 2.50 bits per heavy atom. The molecule has 0 bridgehead atoms. The minimum atomic E-state index is -3.38. The van der Waals surface area contributed by atoms with Gasteiger partial charge in [0.15, 0.2) is 9.84 Å². The second kappa shape index (κ2) is 7.09. The maximum absolute atomic E-state index is 11.7. The molecule has 0 spiro atoms. The molecule has 1 unspecified atom stereocenters. The van der Waals surface area contributed by atoms with Crippen LogP contribution in [0.1, 0.15) is 45.4 Å². The van der Waals surface area contributed by atoms with Gasteiger partial charge in [-0.2, -0.15) is 0 Å². The third-order valence-corrected chi connectivity index (χ3v) is 4.95. The molecular formula is C12H24N2O3S. The number of nitrogens with two attached hydrogens (primary N) is 1. The largest absolute Gasteiger partial charge is 0.352 e. The number of carbonyl (C=O) groups is 1. The summed E-state index contributed by atoms with van der Waals surface area (Å²) in [5.74, 6) is -0.927. The third-order valence-electron chi connectivity index (χ3n) is 3.31. The summed E-state index contributed by atoms with van der Waals surface area (Å²) in [7, 11) is -3.38. The van der Waals surface area contributed by atoms with E-state index in [9.17, 15) is 13.2 Å². The SMILES string of the molecule is CCC(N)CS(=O)(=O)CC(=O)NC1CCCCC1. The minimum absolute atomic E-state index is 0.110. The van der Waals surface area contributed by atoms with Crippen molar-refractivity contribution in [2.24, 2.45) is 5.73 Å². The minimum Gasteiger partial charge on any atom is -0.352 e. The van der Waals surface area contributed by atoms with E-state index < -0.39 is 15.6 Å². The molecule has 5 nitrogen and oxygen atoms in total. The summed E-state index contributed by atoms with van der Waals surface area (Å²) in [4.78, 5) is 11.7. The molecular weight excluding hydrogens is 252 g/mol. The average molecular weight is 276 g/mol. The van der Waals surface area contributed by atoms with Gasteiger partial charge in [0.2, 0.25) is 5.91 Å². The summed E-state index contributed by atoms with van der Waals surface area (Å²) in [5, 5.41) is 2.81. The first kappa shape index (κ1) is 15.4. The van der Waals surface area contributed by atoms with Crippen molar-refractivity contribution in [2.45, 2.75) is 57.5 Å². The van der Waals surface area contributed by atoms with Crippen LogP contribution in [0.3, 0.4) is 0 Å². The van der Waals surface area contributed by atoms with E-state index in [1.807, 2.05) is 6.92 Å². The van der Waals surface area contributed by atoms with E-state index in [2.05, 4.69) is 5.32 Å². The lowest BCUT2D eigenvalue weighted by molar-refractivity contribution is -0.119. The van der Waals surface area contributed by atoms with E-state index in [1.54, 1.807) is 0 Å². The molecule has 18 heavy (non-hydrogen) atoms. The Kier molecular flexibility index (Phi) is 6.08. The van der Waals surface area contributed by atoms with Gasteiger partial charge < -0.3 is 11.1 Å². The van der Waals surface area contributed by atoms with Crippen molar-refractivity contribution in [3.8, 4) is 0 Å². The van der Waals surface area contributed by atoms with E-state index in [-0.39, 0.29) is 23.7 Å². The topological polar surface area (TPSA) is 89.3 Å². The molecule has 0 heterocycles. The van der Waals surface area contributed by atoms with Gasteiger partial charge in [0.1, 0.15) is 5.75 Å². The number of amides is 1. The van der Waals surface area contributed by atoms with Gasteiger partial charge in [-0.25, -0.2) is 8.42 Å². The fraction of sp³-hybridized carbons (Fsp3) is 0.917. The number of rotatable bonds is 6. The fourth-order valence-corrected chi connectivity index (χ4v) is 3.71. The molecule has 1 rings (SSSR count). The molecule has 1 aliphatic rings. The highest BCUT2D eigenvalue weighted by Gasteiger charge is 2.22. The summed E-state index contributed by atoms with van der Waals surface area (Å²) in [5.41, 5.74) is 5.61. The van der Waals surface area contributed by atoms with Crippen LogP contribution in [0, 0.1) is 0 Å². The van der Waals surface area contributed by atoms with E-state index in [1.165, 1.54) is 6.42 Å². The number of hydrogen-bond donors (Lipinski definition) is 2. The van der Waals surface area contributed by atoms with Gasteiger partial charge in [0, 0.05) is 12.1 Å². The Morgan fingerprint density at radius 2 is 1.94 bits per heavy atom. The normalized spacial score (nSPS) is 19.4. The van der Waals surface area contributed by atoms with Crippen LogP contribution in [-0.2, 0) is 14.6 Å². The first-order valence-electron chi connectivity index (χ1n) is 6.68. The highest BCUT2D eigenvalue weighted by atomic mass is 32.2. The van der Waals surface area contributed by atoms with Crippen molar-refractivity contribution in [2.75, 3.05) is 11.5 Å². The summed E-state index contributed by atoms with van der Waals surface area (Å²) in [6, 6.07) is -0.223. The van der Waals surface area contributed by atoms with Crippen LogP contribution in [0.25, 0.3) is 0 Å². The van der Waals surface area contributed by atoms with Gasteiger partial charge >= 0.3 is 0 Å². The Hall–Kier alpha value is -0.620. The lowest BCUT2D eigenvalue weighted by atomic mass is 9.95. The lowest BCUT2D eigenvalue weighted by Crippen LogP contribution is -2.41. The van der Waals surface area contributed by atoms with Crippen molar-refractivity contribution >= 4 is 15.7 Å². The van der Waals surface area contributed by atoms with Crippen LogP contribution in [0.2, 0.25) is 0 Å². The molecule has 0 radical (unpaired) electrons. The van der Waals surface area contributed by atoms with Crippen LogP contribution in [0.5, 0.6) is 0 Å². The van der Waals surface area contributed by atoms with Gasteiger partial charge in [-0.05, 0) is 19.3 Å². The van der Waals surface area contributed by atoms with E-state index in [0.29, 0.717) is 6.42 Å². The molecule has 0 aromatic heterocycles. The zero-order chi connectivity index (χ0) is 13.6. The van der Waals surface area contributed by atoms with Gasteiger partial charge in [-0.1, -0.05) is 26.2 Å². The van der Waals surface area contributed by atoms with E-state index >= 15 is 0 Å². The van der Waals surface area contributed by atoms with Crippen LogP contribution < -0.4 is 11.1 Å². The molecule has 0 aliphatic heterocycles. The number of hydrogen-bond acceptors (Lipinski definition) is 4. The number of sulfone groups is 1. The third kappa shape index (κ3) is 5.82. The van der Waals surface area contributed by atoms with Gasteiger partial charge in [-0.15, -0.1) is 0 Å². The smallest absolute Gasteiger partial charge is 0.235 e. The van der Waals surface area contributed by atoms with Crippen molar-refractivity contribution in [1.29, 1.82) is 0 Å². The first-order chi connectivity index (χ1) is 8.43. The lowest BCUT2D eigenvalue weighted by Gasteiger charge is -2.22. The van der Waals surface area contributed by atoms with Crippen molar-refractivity contribution in [3.05, 3.63) is 0 Å². The van der Waals surface area contributed by atoms with Gasteiger partial charge in [0.05, 0.1) is 5.75 Å². The van der Waals surface area contributed by atoms with Gasteiger partial charge in [-0.3, -0.25) is 4.79 Å². The number of nitrogens with one attached hydrogen (secondary N) is 1. The quantitative estimate of drug-likeness (QED) is 0.743. The molecule has 1 fully saturated rings. The summed E-state index contributed by atoms with van der Waals surface area (Å²) < 4.78 is 23.4. The Labute approximate surface area is 109 Å². The Bertz CT molecular complexity index is 362. The molecule has 0 saturated heterocycles. The maximum atomic E-state index is 11.7. The van der Waals surface area contributed by atoms with E-state index in [0.717, 1.165) is 25.7 Å². The molecule has 0 aromatic rings. The summed E-state index contributed by atoms with van der Waals surface area (Å²) >= 11 is 0. The molecule has 1 saturated carbocycles. The van der Waals surface area contributed by atoms with Gasteiger partial charge in [0.25, 0.3) is 0 Å². The Balaban J connectivity index is 2.38. The van der Waals surface area contributed by atoms with Crippen molar-refractivity contribution in [1.82, 2.24) is 5.32 Å². The summed E-state index contributed by atoms with van der Waals surface area (Å²) in [6.07, 6.45) is 5.94. The Morgan fingerprint density at radius 1 is 1.33 bits per heavy atom. The zero-order valence-corrected chi connectivity index (χ0v) is 11.8. The molecule has 1 atom stereocenters. The predicted molar refractivity (Wildman–Crippen MR) is 71.9 cm³/mol. The standard InChI is InChI=1S/C12H24N2O3S/c1-2-10(13)8-18(16,17)9-12(15)14-11-6-4-3-5-7-11/h10-11H,2-9,13H2,1H3,(H,14,15). The zero-order valence-electron chi connectivity index (χ0n) is 11.0. The van der Waals surface area contributed by atoms with Crippen LogP contribution in [-0.4, -0.2) is 37.9 Å². The highest BCUT2D eigenvalue weighted by molar-refractivity contribution is 7.92. The average Bonchev–Trinajstić information content (AvgIpc) is 2.28. The molecule has 3 N–H and O–H groups in total. The first-order valence-corrected chi connectivity index (χ1v) is 8.50. The highest BCUT2D eigenvalue weighted by Crippen LogP contribution is 2.17. The van der Waals surface area contributed by atoms with Crippen LogP contribution >= 0.6 is 0 Å². The second-order valence-electron chi connectivity index (χ2n) is 5.13.